The summed E-state index contributed by atoms with van der Waals surface area (Å²) in [7, 11) is 0. The molecule has 2 aromatic rings. The van der Waals surface area contributed by atoms with Gasteiger partial charge in [-0.3, -0.25) is 4.68 Å². The topological polar surface area (TPSA) is 55.1 Å². The third kappa shape index (κ3) is 1.61. The van der Waals surface area contributed by atoms with E-state index < -0.39 is 5.97 Å². The van der Waals surface area contributed by atoms with Crippen molar-refractivity contribution >= 4 is 32.8 Å². The van der Waals surface area contributed by atoms with E-state index in [4.69, 9.17) is 5.11 Å². The van der Waals surface area contributed by atoms with Crippen LogP contribution in [-0.2, 0) is 0 Å². The first-order valence-corrected chi connectivity index (χ1v) is 5.71. The number of rotatable bonds is 2. The molecule has 0 aliphatic heterocycles. The van der Waals surface area contributed by atoms with Crippen molar-refractivity contribution in [2.24, 2.45) is 0 Å². The number of hydrogen-bond donors (Lipinski definition) is 1. The van der Waals surface area contributed by atoms with Crippen LogP contribution in [0.25, 0.3) is 10.9 Å². The van der Waals surface area contributed by atoms with Crippen LogP contribution in [0.5, 0.6) is 0 Å². The fraction of sp³-hybridized carbons (Fsp3) is 0.273. The van der Waals surface area contributed by atoms with E-state index in [1.807, 2.05) is 19.9 Å². The van der Waals surface area contributed by atoms with Crippen LogP contribution < -0.4 is 0 Å². The van der Waals surface area contributed by atoms with Crippen molar-refractivity contribution in [1.29, 1.82) is 0 Å². The van der Waals surface area contributed by atoms with Crippen LogP contribution in [0.3, 0.4) is 0 Å². The molecule has 16 heavy (non-hydrogen) atoms. The monoisotopic (exact) mass is 282 g/mol. The van der Waals surface area contributed by atoms with Crippen molar-refractivity contribution < 1.29 is 9.90 Å². The maximum Gasteiger partial charge on any atom is 0.337 e. The number of nitrogens with zero attached hydrogens (tertiary/aromatic N) is 2. The first kappa shape index (κ1) is 11.1. The van der Waals surface area contributed by atoms with Crippen molar-refractivity contribution in [3.05, 3.63) is 28.4 Å². The number of halogens is 1. The number of fused-ring (bicyclic) bond motifs is 1. The van der Waals surface area contributed by atoms with Crippen molar-refractivity contribution in [1.82, 2.24) is 9.78 Å². The standard InChI is InChI=1S/C11H11BrN2O2/c1-6(2)14-10(12)7-4-3-5-8(11(15)16)9(7)13-14/h3-6H,1-2H3,(H,15,16). The second-order valence-electron chi connectivity index (χ2n) is 3.84. The Balaban J connectivity index is 2.80. The largest absolute Gasteiger partial charge is 0.478 e. The van der Waals surface area contributed by atoms with Crippen molar-refractivity contribution in [2.75, 3.05) is 0 Å². The summed E-state index contributed by atoms with van der Waals surface area (Å²) in [6.45, 7) is 3.99. The van der Waals surface area contributed by atoms with E-state index in [1.165, 1.54) is 0 Å². The molecule has 0 fully saturated rings. The molecule has 1 aromatic heterocycles. The summed E-state index contributed by atoms with van der Waals surface area (Å²) in [6, 6.07) is 5.33. The maximum atomic E-state index is 11.0. The van der Waals surface area contributed by atoms with Gasteiger partial charge in [-0.25, -0.2) is 4.79 Å². The minimum atomic E-state index is -0.952. The molecular weight excluding hydrogens is 272 g/mol. The Kier molecular flexibility index (Phi) is 2.71. The minimum Gasteiger partial charge on any atom is -0.478 e. The summed E-state index contributed by atoms with van der Waals surface area (Å²) in [5.41, 5.74) is 0.758. The van der Waals surface area contributed by atoms with Gasteiger partial charge in [0.1, 0.15) is 10.1 Å². The molecule has 1 aromatic carbocycles. The highest BCUT2D eigenvalue weighted by atomic mass is 79.9. The molecule has 0 aliphatic carbocycles. The van der Waals surface area contributed by atoms with Gasteiger partial charge in [-0.1, -0.05) is 6.07 Å². The third-order valence-corrected chi connectivity index (χ3v) is 3.18. The molecule has 0 spiro atoms. The molecular formula is C11H11BrN2O2. The van der Waals surface area contributed by atoms with Crippen LogP contribution in [0.4, 0.5) is 0 Å². The number of aromatic carboxylic acids is 1. The van der Waals surface area contributed by atoms with Gasteiger partial charge in [-0.15, -0.1) is 0 Å². The molecule has 5 heteroatoms. The van der Waals surface area contributed by atoms with E-state index in [0.717, 1.165) is 9.99 Å². The number of benzene rings is 1. The number of carboxylic acid groups (broad SMARTS) is 1. The average molecular weight is 283 g/mol. The zero-order valence-corrected chi connectivity index (χ0v) is 10.5. The number of carbonyl (C=O) groups is 1. The Morgan fingerprint density at radius 3 is 2.75 bits per heavy atom. The number of carboxylic acids is 1. The van der Waals surface area contributed by atoms with Crippen LogP contribution in [0, 0.1) is 0 Å². The van der Waals surface area contributed by atoms with Crippen molar-refractivity contribution in [3.8, 4) is 0 Å². The molecule has 0 amide bonds. The van der Waals surface area contributed by atoms with Gasteiger partial charge in [0, 0.05) is 11.4 Å². The molecule has 0 bridgehead atoms. The fourth-order valence-corrected chi connectivity index (χ4v) is 2.42. The van der Waals surface area contributed by atoms with E-state index in [1.54, 1.807) is 16.8 Å². The molecule has 1 heterocycles. The van der Waals surface area contributed by atoms with Crippen LogP contribution in [0.2, 0.25) is 0 Å². The summed E-state index contributed by atoms with van der Waals surface area (Å²) < 4.78 is 2.59. The zero-order chi connectivity index (χ0) is 11.9. The van der Waals surface area contributed by atoms with E-state index in [9.17, 15) is 4.79 Å². The molecule has 2 rings (SSSR count). The molecule has 0 saturated heterocycles. The van der Waals surface area contributed by atoms with E-state index in [0.29, 0.717) is 5.52 Å². The Labute approximate surface area is 101 Å². The fourth-order valence-electron chi connectivity index (χ4n) is 1.61. The highest BCUT2D eigenvalue weighted by Gasteiger charge is 2.16. The van der Waals surface area contributed by atoms with Gasteiger partial charge >= 0.3 is 5.97 Å². The quantitative estimate of drug-likeness (QED) is 0.921. The molecule has 1 N–H and O–H groups in total. The van der Waals surface area contributed by atoms with Crippen molar-refractivity contribution in [2.45, 2.75) is 19.9 Å². The lowest BCUT2D eigenvalue weighted by Gasteiger charge is -2.05. The van der Waals surface area contributed by atoms with Crippen LogP contribution in [0.15, 0.2) is 22.8 Å². The van der Waals surface area contributed by atoms with Gasteiger partial charge < -0.3 is 5.11 Å². The van der Waals surface area contributed by atoms with Gasteiger partial charge in [0.15, 0.2) is 0 Å². The van der Waals surface area contributed by atoms with E-state index in [2.05, 4.69) is 21.0 Å². The van der Waals surface area contributed by atoms with Crippen LogP contribution in [-0.4, -0.2) is 20.9 Å². The molecule has 0 radical (unpaired) electrons. The number of aromatic nitrogens is 2. The Morgan fingerprint density at radius 1 is 1.50 bits per heavy atom. The van der Waals surface area contributed by atoms with Gasteiger partial charge in [-0.05, 0) is 41.9 Å². The predicted octanol–water partition coefficient (Wildman–Crippen LogP) is 3.08. The molecule has 0 unspecified atom stereocenters. The summed E-state index contributed by atoms with van der Waals surface area (Å²) in [6.07, 6.45) is 0. The average Bonchev–Trinajstić information content (AvgIpc) is 2.56. The lowest BCUT2D eigenvalue weighted by Crippen LogP contribution is -2.03. The van der Waals surface area contributed by atoms with E-state index >= 15 is 0 Å². The minimum absolute atomic E-state index is 0.184. The summed E-state index contributed by atoms with van der Waals surface area (Å²) >= 11 is 3.44. The maximum absolute atomic E-state index is 11.0. The third-order valence-electron chi connectivity index (χ3n) is 2.39. The summed E-state index contributed by atoms with van der Waals surface area (Å²) in [4.78, 5) is 11.0. The van der Waals surface area contributed by atoms with Crippen LogP contribution >= 0.6 is 15.9 Å². The van der Waals surface area contributed by atoms with Gasteiger partial charge in [0.2, 0.25) is 0 Å². The normalized spacial score (nSPS) is 11.2. The highest BCUT2D eigenvalue weighted by Crippen LogP contribution is 2.28. The smallest absolute Gasteiger partial charge is 0.337 e. The Bertz CT molecular complexity index is 560. The second kappa shape index (κ2) is 3.90. The molecule has 84 valence electrons. The molecule has 0 aliphatic rings. The van der Waals surface area contributed by atoms with Gasteiger partial charge in [0.05, 0.1) is 5.56 Å². The number of hydrogen-bond acceptors (Lipinski definition) is 2. The molecule has 0 saturated carbocycles. The Morgan fingerprint density at radius 2 is 2.19 bits per heavy atom. The van der Waals surface area contributed by atoms with E-state index in [-0.39, 0.29) is 11.6 Å². The predicted molar refractivity (Wildman–Crippen MR) is 64.8 cm³/mol. The lowest BCUT2D eigenvalue weighted by atomic mass is 10.1. The van der Waals surface area contributed by atoms with Crippen molar-refractivity contribution in [3.63, 3.8) is 0 Å². The zero-order valence-electron chi connectivity index (χ0n) is 8.94. The second-order valence-corrected chi connectivity index (χ2v) is 4.59. The first-order chi connectivity index (χ1) is 7.52. The Hall–Kier alpha value is -1.36. The van der Waals surface area contributed by atoms with Gasteiger partial charge in [-0.2, -0.15) is 5.10 Å². The SMILES string of the molecule is CC(C)n1nc2c(C(=O)O)cccc2c1Br. The summed E-state index contributed by atoms with van der Waals surface area (Å²) in [5.74, 6) is -0.952. The first-order valence-electron chi connectivity index (χ1n) is 4.92. The van der Waals surface area contributed by atoms with Crippen LogP contribution in [0.1, 0.15) is 30.2 Å². The lowest BCUT2D eigenvalue weighted by molar-refractivity contribution is 0.0699. The summed E-state index contributed by atoms with van der Waals surface area (Å²) in [5, 5.41) is 14.2. The highest BCUT2D eigenvalue weighted by molar-refractivity contribution is 9.10. The van der Waals surface area contributed by atoms with Gasteiger partial charge in [0.25, 0.3) is 0 Å². The molecule has 4 nitrogen and oxygen atoms in total. The molecule has 0 atom stereocenters.